The van der Waals surface area contributed by atoms with Crippen molar-refractivity contribution in [3.63, 3.8) is 0 Å². The summed E-state index contributed by atoms with van der Waals surface area (Å²) in [5, 5.41) is 5.13. The monoisotopic (exact) mass is 301 g/mol. The van der Waals surface area contributed by atoms with Crippen LogP contribution in [0.3, 0.4) is 0 Å². The highest BCUT2D eigenvalue weighted by molar-refractivity contribution is 6.09. The fraction of sp³-hybridized carbons (Fsp3) is 0.0526. The lowest BCUT2D eigenvalue weighted by molar-refractivity contribution is 0.102. The number of fused-ring (bicyclic) bond motifs is 2. The Kier molecular flexibility index (Phi) is 3.08. The van der Waals surface area contributed by atoms with E-state index in [-0.39, 0.29) is 5.91 Å². The van der Waals surface area contributed by atoms with E-state index in [0.29, 0.717) is 5.56 Å². The van der Waals surface area contributed by atoms with E-state index in [4.69, 9.17) is 0 Å². The molecule has 0 spiro atoms. The van der Waals surface area contributed by atoms with Crippen LogP contribution in [0.15, 0.2) is 67.0 Å². The first kappa shape index (κ1) is 13.5. The molecule has 0 saturated carbocycles. The van der Waals surface area contributed by atoms with Crippen LogP contribution < -0.4 is 5.32 Å². The standard InChI is InChI=1S/C19H15N3O/c1-13-12-22-10-9-15(11-18(22)20-13)19(23)21-17-8-4-6-14-5-2-3-7-16(14)17/h2-12H,1H3,(H,21,23). The van der Waals surface area contributed by atoms with Gasteiger partial charge in [-0.1, -0.05) is 36.4 Å². The second-order valence-corrected chi connectivity index (χ2v) is 5.54. The number of aromatic nitrogens is 2. The van der Waals surface area contributed by atoms with E-state index in [1.165, 1.54) is 0 Å². The van der Waals surface area contributed by atoms with Gasteiger partial charge >= 0.3 is 0 Å². The van der Waals surface area contributed by atoms with E-state index in [1.807, 2.05) is 66.2 Å². The first-order valence-corrected chi connectivity index (χ1v) is 7.45. The zero-order valence-corrected chi connectivity index (χ0v) is 12.7. The number of nitrogens with one attached hydrogen (secondary N) is 1. The van der Waals surface area contributed by atoms with Crippen molar-refractivity contribution in [3.8, 4) is 0 Å². The third-order valence-electron chi connectivity index (χ3n) is 3.88. The number of hydrogen-bond donors (Lipinski definition) is 1. The number of nitrogens with zero attached hydrogens (tertiary/aromatic N) is 2. The zero-order chi connectivity index (χ0) is 15.8. The van der Waals surface area contributed by atoms with Gasteiger partial charge in [0.15, 0.2) is 0 Å². The molecule has 0 saturated heterocycles. The Morgan fingerprint density at radius 3 is 2.83 bits per heavy atom. The number of pyridine rings is 1. The van der Waals surface area contributed by atoms with Crippen molar-refractivity contribution in [3.05, 3.63) is 78.2 Å². The SMILES string of the molecule is Cc1cn2ccc(C(=O)Nc3cccc4ccccc34)cc2n1. The van der Waals surface area contributed by atoms with E-state index < -0.39 is 0 Å². The molecule has 0 radical (unpaired) electrons. The van der Waals surface area contributed by atoms with E-state index in [9.17, 15) is 4.79 Å². The summed E-state index contributed by atoms with van der Waals surface area (Å²) in [5.74, 6) is -0.135. The predicted octanol–water partition coefficient (Wildman–Crippen LogP) is 4.05. The van der Waals surface area contributed by atoms with E-state index in [1.54, 1.807) is 12.1 Å². The molecule has 0 aliphatic carbocycles. The molecule has 23 heavy (non-hydrogen) atoms. The molecule has 0 atom stereocenters. The molecular formula is C19H15N3O. The van der Waals surface area contributed by atoms with Crippen molar-refractivity contribution in [2.45, 2.75) is 6.92 Å². The average Bonchev–Trinajstić information content (AvgIpc) is 2.94. The fourth-order valence-electron chi connectivity index (χ4n) is 2.78. The van der Waals surface area contributed by atoms with Gasteiger partial charge in [-0.05, 0) is 30.5 Å². The second kappa shape index (κ2) is 5.25. The summed E-state index contributed by atoms with van der Waals surface area (Å²) in [7, 11) is 0. The topological polar surface area (TPSA) is 46.4 Å². The lowest BCUT2D eigenvalue weighted by Gasteiger charge is -2.09. The number of hydrogen-bond acceptors (Lipinski definition) is 2. The third kappa shape index (κ3) is 2.44. The molecule has 0 aliphatic rings. The Hall–Kier alpha value is -3.14. The van der Waals surface area contributed by atoms with Crippen LogP contribution in [0.4, 0.5) is 5.69 Å². The number of benzene rings is 2. The fourth-order valence-corrected chi connectivity index (χ4v) is 2.78. The molecule has 112 valence electrons. The van der Waals surface area contributed by atoms with Crippen molar-refractivity contribution >= 4 is 28.0 Å². The first-order valence-electron chi connectivity index (χ1n) is 7.45. The van der Waals surface area contributed by atoms with E-state index >= 15 is 0 Å². The maximum atomic E-state index is 12.6. The Balaban J connectivity index is 1.70. The molecule has 2 aromatic heterocycles. The van der Waals surface area contributed by atoms with Crippen LogP contribution in [0, 0.1) is 6.92 Å². The molecule has 4 heteroatoms. The number of aryl methyl sites for hydroxylation is 1. The number of imidazole rings is 1. The molecule has 0 bridgehead atoms. The Morgan fingerprint density at radius 2 is 1.91 bits per heavy atom. The minimum atomic E-state index is -0.135. The lowest BCUT2D eigenvalue weighted by Crippen LogP contribution is -2.12. The maximum absolute atomic E-state index is 12.6. The number of carbonyl (C=O) groups excluding carboxylic acids is 1. The van der Waals surface area contributed by atoms with Gasteiger partial charge in [-0.3, -0.25) is 4.79 Å². The third-order valence-corrected chi connectivity index (χ3v) is 3.88. The summed E-state index contributed by atoms with van der Waals surface area (Å²) in [6.45, 7) is 1.93. The van der Waals surface area contributed by atoms with Gasteiger partial charge in [0, 0.05) is 29.0 Å². The smallest absolute Gasteiger partial charge is 0.255 e. The zero-order valence-electron chi connectivity index (χ0n) is 12.7. The van der Waals surface area contributed by atoms with Crippen molar-refractivity contribution in [1.82, 2.24) is 9.38 Å². The minimum Gasteiger partial charge on any atom is -0.321 e. The quantitative estimate of drug-likeness (QED) is 0.607. The van der Waals surface area contributed by atoms with Crippen molar-refractivity contribution in [2.24, 2.45) is 0 Å². The number of carbonyl (C=O) groups is 1. The van der Waals surface area contributed by atoms with Gasteiger partial charge in [0.25, 0.3) is 5.91 Å². The summed E-state index contributed by atoms with van der Waals surface area (Å²) >= 11 is 0. The molecule has 2 heterocycles. The molecule has 1 amide bonds. The van der Waals surface area contributed by atoms with Gasteiger partial charge in [0.05, 0.1) is 5.69 Å². The Labute approximate surface area is 133 Å². The van der Waals surface area contributed by atoms with Crippen LogP contribution in [0.1, 0.15) is 16.1 Å². The molecule has 0 fully saturated rings. The summed E-state index contributed by atoms with van der Waals surface area (Å²) < 4.78 is 1.91. The summed E-state index contributed by atoms with van der Waals surface area (Å²) in [6.07, 6.45) is 3.79. The van der Waals surface area contributed by atoms with Crippen LogP contribution in [0.25, 0.3) is 16.4 Å². The normalized spacial score (nSPS) is 11.0. The molecule has 4 aromatic rings. The molecule has 0 aliphatic heterocycles. The van der Waals surface area contributed by atoms with Crippen LogP contribution in [0.5, 0.6) is 0 Å². The van der Waals surface area contributed by atoms with Gasteiger partial charge in [-0.15, -0.1) is 0 Å². The molecular weight excluding hydrogens is 286 g/mol. The number of amides is 1. The van der Waals surface area contributed by atoms with Crippen LogP contribution >= 0.6 is 0 Å². The lowest BCUT2D eigenvalue weighted by atomic mass is 10.1. The number of rotatable bonds is 2. The summed E-state index contributed by atoms with van der Waals surface area (Å²) in [5.41, 5.74) is 3.10. The summed E-state index contributed by atoms with van der Waals surface area (Å²) in [4.78, 5) is 17.0. The first-order chi connectivity index (χ1) is 11.2. The molecule has 4 rings (SSSR count). The van der Waals surface area contributed by atoms with Gasteiger partial charge in [-0.2, -0.15) is 0 Å². The van der Waals surface area contributed by atoms with E-state index in [2.05, 4.69) is 10.3 Å². The number of anilines is 1. The Morgan fingerprint density at radius 1 is 1.09 bits per heavy atom. The van der Waals surface area contributed by atoms with E-state index in [0.717, 1.165) is 27.8 Å². The molecule has 2 aromatic carbocycles. The summed E-state index contributed by atoms with van der Waals surface area (Å²) in [6, 6.07) is 17.5. The van der Waals surface area contributed by atoms with Crippen LogP contribution in [0.2, 0.25) is 0 Å². The highest BCUT2D eigenvalue weighted by atomic mass is 16.1. The highest BCUT2D eigenvalue weighted by Crippen LogP contribution is 2.23. The maximum Gasteiger partial charge on any atom is 0.255 e. The van der Waals surface area contributed by atoms with Gasteiger partial charge < -0.3 is 9.72 Å². The van der Waals surface area contributed by atoms with Gasteiger partial charge in [-0.25, -0.2) is 4.98 Å². The molecule has 1 N–H and O–H groups in total. The van der Waals surface area contributed by atoms with Crippen LogP contribution in [-0.2, 0) is 0 Å². The molecule has 4 nitrogen and oxygen atoms in total. The molecule has 0 unspecified atom stereocenters. The minimum absolute atomic E-state index is 0.135. The predicted molar refractivity (Wildman–Crippen MR) is 91.8 cm³/mol. The second-order valence-electron chi connectivity index (χ2n) is 5.54. The van der Waals surface area contributed by atoms with Crippen molar-refractivity contribution < 1.29 is 4.79 Å². The van der Waals surface area contributed by atoms with Gasteiger partial charge in [0.2, 0.25) is 0 Å². The van der Waals surface area contributed by atoms with Gasteiger partial charge in [0.1, 0.15) is 5.65 Å². The largest absolute Gasteiger partial charge is 0.321 e. The van der Waals surface area contributed by atoms with Crippen molar-refractivity contribution in [2.75, 3.05) is 5.32 Å². The average molecular weight is 301 g/mol. The highest BCUT2D eigenvalue weighted by Gasteiger charge is 2.10. The van der Waals surface area contributed by atoms with Crippen molar-refractivity contribution in [1.29, 1.82) is 0 Å². The van der Waals surface area contributed by atoms with Crippen LogP contribution in [-0.4, -0.2) is 15.3 Å². The Bertz CT molecular complexity index is 1030.